The number of hydrogen-bond acceptors (Lipinski definition) is 6. The molecule has 3 rings (SSSR count). The van der Waals surface area contributed by atoms with E-state index < -0.39 is 6.10 Å². The molecule has 0 aliphatic heterocycles. The van der Waals surface area contributed by atoms with E-state index in [2.05, 4.69) is 36.7 Å². The smallest absolute Gasteiger partial charge is 0.347 e. The fourth-order valence-electron chi connectivity index (χ4n) is 4.08. The number of carbonyl (C=O) groups is 2. The van der Waals surface area contributed by atoms with Gasteiger partial charge in [-0.2, -0.15) is 0 Å². The molecule has 36 heavy (non-hydrogen) atoms. The van der Waals surface area contributed by atoms with E-state index in [1.807, 2.05) is 43.3 Å². The molecule has 1 N–H and O–H groups in total. The highest BCUT2D eigenvalue weighted by Gasteiger charge is 2.22. The lowest BCUT2D eigenvalue weighted by molar-refractivity contribution is -0.149. The van der Waals surface area contributed by atoms with Crippen LogP contribution in [0.5, 0.6) is 5.75 Å². The summed E-state index contributed by atoms with van der Waals surface area (Å²) in [5, 5.41) is 3.24. The Morgan fingerprint density at radius 2 is 1.83 bits per heavy atom. The molecule has 1 unspecified atom stereocenters. The molecule has 0 amide bonds. The second-order valence-electron chi connectivity index (χ2n) is 9.57. The van der Waals surface area contributed by atoms with E-state index in [4.69, 9.17) is 14.5 Å². The first-order chi connectivity index (χ1) is 17.3. The first-order valence-corrected chi connectivity index (χ1v) is 12.9. The number of aryl methyl sites for hydroxylation is 1. The van der Waals surface area contributed by atoms with E-state index in [0.29, 0.717) is 37.6 Å². The summed E-state index contributed by atoms with van der Waals surface area (Å²) < 4.78 is 13.1. The lowest BCUT2D eigenvalue weighted by Crippen LogP contribution is -2.30. The van der Waals surface area contributed by atoms with Crippen molar-refractivity contribution in [3.05, 3.63) is 53.9 Å². The largest absolute Gasteiger partial charge is 0.479 e. The molecular weight excluding hydrogens is 454 g/mol. The van der Waals surface area contributed by atoms with Crippen LogP contribution in [0, 0.1) is 5.92 Å². The number of unbranched alkanes of at least 4 members (excludes halogenated alkanes) is 1. The zero-order valence-electron chi connectivity index (χ0n) is 22.2. The number of benzene rings is 2. The number of hydrogen-bond donors (Lipinski definition) is 1. The van der Waals surface area contributed by atoms with Gasteiger partial charge in [0.1, 0.15) is 11.6 Å². The molecule has 0 saturated carbocycles. The third-order valence-corrected chi connectivity index (χ3v) is 6.16. The van der Waals surface area contributed by atoms with Gasteiger partial charge in [0, 0.05) is 25.1 Å². The second kappa shape index (κ2) is 13.1. The number of rotatable bonds is 14. The Labute approximate surface area is 214 Å². The minimum atomic E-state index is -0.621. The van der Waals surface area contributed by atoms with Crippen LogP contribution >= 0.6 is 0 Å². The first kappa shape index (κ1) is 27.2. The average molecular weight is 494 g/mol. The third kappa shape index (κ3) is 7.33. The summed E-state index contributed by atoms with van der Waals surface area (Å²) in [6.45, 7) is 9.15. The predicted octanol–water partition coefficient (Wildman–Crippen LogP) is 5.78. The van der Waals surface area contributed by atoms with Crippen LogP contribution in [0.1, 0.15) is 64.8 Å². The molecule has 2 aromatic carbocycles. The molecule has 0 radical (unpaired) electrons. The van der Waals surface area contributed by atoms with Crippen molar-refractivity contribution >= 4 is 28.5 Å². The number of imidazole rings is 1. The lowest BCUT2D eigenvalue weighted by atomic mass is 10.1. The van der Waals surface area contributed by atoms with Gasteiger partial charge in [0.15, 0.2) is 11.9 Å². The van der Waals surface area contributed by atoms with E-state index in [0.717, 1.165) is 47.4 Å². The standard InChI is InChI=1S/C29H39N3O4/c1-6-8-9-28-31-25-15-12-22(30-18-23(33)7-2)17-26(25)32(28)19-21-10-13-24(14-11-21)36-27(16-20(3)4)29(34)35-5/h10-15,17,20,27,30H,6-9,16,18-19H2,1-5H3. The van der Waals surface area contributed by atoms with Gasteiger partial charge < -0.3 is 19.4 Å². The monoisotopic (exact) mass is 493 g/mol. The molecule has 0 aliphatic rings. The molecule has 0 aliphatic carbocycles. The van der Waals surface area contributed by atoms with Crippen molar-refractivity contribution in [2.75, 3.05) is 19.0 Å². The average Bonchev–Trinajstić information content (AvgIpc) is 3.22. The number of esters is 1. The van der Waals surface area contributed by atoms with Crippen molar-refractivity contribution in [1.29, 1.82) is 0 Å². The molecule has 0 bridgehead atoms. The fraction of sp³-hybridized carbons (Fsp3) is 0.483. The van der Waals surface area contributed by atoms with E-state index in [-0.39, 0.29) is 11.8 Å². The van der Waals surface area contributed by atoms with Crippen LogP contribution in [0.2, 0.25) is 0 Å². The van der Waals surface area contributed by atoms with Crippen LogP contribution in [0.4, 0.5) is 5.69 Å². The normalized spacial score (nSPS) is 12.1. The van der Waals surface area contributed by atoms with Crippen LogP contribution in [0.3, 0.4) is 0 Å². The van der Waals surface area contributed by atoms with Gasteiger partial charge in [-0.25, -0.2) is 9.78 Å². The fourth-order valence-corrected chi connectivity index (χ4v) is 4.08. The molecule has 3 aromatic rings. The van der Waals surface area contributed by atoms with E-state index in [1.165, 1.54) is 7.11 Å². The number of ether oxygens (including phenoxy) is 2. The van der Waals surface area contributed by atoms with Crippen LogP contribution in [-0.2, 0) is 27.3 Å². The summed E-state index contributed by atoms with van der Waals surface area (Å²) in [5.74, 6) is 1.82. The molecule has 1 atom stereocenters. The van der Waals surface area contributed by atoms with E-state index in [9.17, 15) is 9.59 Å². The SMILES string of the molecule is CCCCc1nc2ccc(NCC(=O)CC)cc2n1Cc1ccc(OC(CC(C)C)C(=O)OC)cc1. The molecule has 7 nitrogen and oxygen atoms in total. The minimum Gasteiger partial charge on any atom is -0.479 e. The van der Waals surface area contributed by atoms with Gasteiger partial charge >= 0.3 is 5.97 Å². The Morgan fingerprint density at radius 1 is 1.08 bits per heavy atom. The maximum Gasteiger partial charge on any atom is 0.347 e. The Morgan fingerprint density at radius 3 is 2.47 bits per heavy atom. The Balaban J connectivity index is 1.83. The van der Waals surface area contributed by atoms with Crippen LogP contribution < -0.4 is 10.1 Å². The molecule has 0 saturated heterocycles. The van der Waals surface area contributed by atoms with Gasteiger partial charge in [0.05, 0.1) is 24.7 Å². The minimum absolute atomic E-state index is 0.178. The summed E-state index contributed by atoms with van der Waals surface area (Å²) in [6.07, 6.45) is 3.56. The van der Waals surface area contributed by atoms with E-state index >= 15 is 0 Å². The van der Waals surface area contributed by atoms with Crippen molar-refractivity contribution in [1.82, 2.24) is 9.55 Å². The van der Waals surface area contributed by atoms with E-state index in [1.54, 1.807) is 0 Å². The lowest BCUT2D eigenvalue weighted by Gasteiger charge is -2.19. The van der Waals surface area contributed by atoms with Crippen LogP contribution in [0.15, 0.2) is 42.5 Å². The zero-order chi connectivity index (χ0) is 26.1. The summed E-state index contributed by atoms with van der Waals surface area (Å²) in [6, 6.07) is 13.9. The number of nitrogens with one attached hydrogen (secondary N) is 1. The number of fused-ring (bicyclic) bond motifs is 1. The Bertz CT molecular complexity index is 1150. The maximum atomic E-state index is 12.1. The van der Waals surface area contributed by atoms with Gasteiger partial charge in [0.2, 0.25) is 0 Å². The number of aromatic nitrogens is 2. The third-order valence-electron chi connectivity index (χ3n) is 6.16. The highest BCUT2D eigenvalue weighted by atomic mass is 16.6. The molecular formula is C29H39N3O4. The molecule has 7 heteroatoms. The van der Waals surface area contributed by atoms with Crippen molar-refractivity contribution in [2.24, 2.45) is 5.92 Å². The number of Topliss-reactive ketones (excluding diaryl/α,β-unsaturated/α-hetero) is 1. The number of anilines is 1. The molecule has 194 valence electrons. The first-order valence-electron chi connectivity index (χ1n) is 12.9. The summed E-state index contributed by atoms with van der Waals surface area (Å²) in [7, 11) is 1.39. The van der Waals surface area contributed by atoms with Crippen molar-refractivity contribution in [2.45, 2.75) is 72.4 Å². The highest BCUT2D eigenvalue weighted by molar-refractivity contribution is 5.85. The summed E-state index contributed by atoms with van der Waals surface area (Å²) >= 11 is 0. The molecule has 1 aromatic heterocycles. The molecule has 0 spiro atoms. The topological polar surface area (TPSA) is 82.5 Å². The van der Waals surface area contributed by atoms with Gasteiger partial charge in [0.25, 0.3) is 0 Å². The number of nitrogens with zero attached hydrogens (tertiary/aromatic N) is 2. The van der Waals surface area contributed by atoms with Gasteiger partial charge in [-0.1, -0.05) is 46.2 Å². The van der Waals surface area contributed by atoms with Crippen molar-refractivity contribution in [3.63, 3.8) is 0 Å². The quantitative estimate of drug-likeness (QED) is 0.287. The second-order valence-corrected chi connectivity index (χ2v) is 9.57. The predicted molar refractivity (Wildman–Crippen MR) is 144 cm³/mol. The van der Waals surface area contributed by atoms with Gasteiger partial charge in [-0.15, -0.1) is 0 Å². The van der Waals surface area contributed by atoms with Gasteiger partial charge in [-0.3, -0.25) is 4.79 Å². The number of ketones is 1. The zero-order valence-corrected chi connectivity index (χ0v) is 22.2. The van der Waals surface area contributed by atoms with Crippen molar-refractivity contribution in [3.8, 4) is 5.75 Å². The highest BCUT2D eigenvalue weighted by Crippen LogP contribution is 2.24. The van der Waals surface area contributed by atoms with Crippen LogP contribution in [-0.4, -0.2) is 41.1 Å². The maximum absolute atomic E-state index is 12.1. The summed E-state index contributed by atoms with van der Waals surface area (Å²) in [5.41, 5.74) is 4.01. The number of methoxy groups -OCH3 is 1. The molecule has 1 heterocycles. The van der Waals surface area contributed by atoms with Crippen molar-refractivity contribution < 1.29 is 19.1 Å². The Kier molecular flexibility index (Phi) is 9.91. The summed E-state index contributed by atoms with van der Waals surface area (Å²) in [4.78, 5) is 28.8. The van der Waals surface area contributed by atoms with Crippen LogP contribution in [0.25, 0.3) is 11.0 Å². The molecule has 0 fully saturated rings. The Hall–Kier alpha value is -3.35. The van der Waals surface area contributed by atoms with Gasteiger partial charge in [-0.05, 0) is 54.7 Å². The number of carbonyl (C=O) groups excluding carboxylic acids is 2.